The fourth-order valence-electron chi connectivity index (χ4n) is 1.94. The van der Waals surface area contributed by atoms with E-state index in [1.54, 1.807) is 16.8 Å². The number of esters is 1. The summed E-state index contributed by atoms with van der Waals surface area (Å²) in [6, 6.07) is 0. The van der Waals surface area contributed by atoms with Gasteiger partial charge >= 0.3 is 5.97 Å². The molecule has 0 radical (unpaired) electrons. The largest absolute Gasteiger partial charge is 0.455 e. The first kappa shape index (κ1) is 14.2. The number of aromatic nitrogens is 4. The quantitative estimate of drug-likeness (QED) is 0.666. The van der Waals surface area contributed by atoms with E-state index in [1.807, 2.05) is 13.8 Å². The molecule has 3 heterocycles. The smallest absolute Gasteiger partial charge is 0.361 e. The number of hydrogen-bond acceptors (Lipinski definition) is 6. The third kappa shape index (κ3) is 2.68. The van der Waals surface area contributed by atoms with Gasteiger partial charge in [-0.3, -0.25) is 4.40 Å². The number of imidazole rings is 1. The van der Waals surface area contributed by atoms with Crippen LogP contribution in [0.2, 0.25) is 0 Å². The molecule has 0 aliphatic rings. The van der Waals surface area contributed by atoms with E-state index in [4.69, 9.17) is 4.74 Å². The van der Waals surface area contributed by atoms with Crippen molar-refractivity contribution < 1.29 is 9.53 Å². The molecule has 0 aliphatic carbocycles. The molecule has 3 aromatic heterocycles. The van der Waals surface area contributed by atoms with Crippen LogP contribution in [0.15, 0.2) is 23.2 Å². The Morgan fingerprint density at radius 1 is 1.43 bits per heavy atom. The summed E-state index contributed by atoms with van der Waals surface area (Å²) in [6.45, 7) is 4.02. The molecule has 0 spiro atoms. The van der Waals surface area contributed by atoms with Gasteiger partial charge in [-0.05, 0) is 29.8 Å². The van der Waals surface area contributed by atoms with Crippen LogP contribution in [0.25, 0.3) is 5.65 Å². The topological polar surface area (TPSA) is 69.4 Å². The third-order valence-electron chi connectivity index (χ3n) is 2.91. The number of hydrogen-bond donors (Lipinski definition) is 0. The molecule has 108 valence electrons. The van der Waals surface area contributed by atoms with Crippen LogP contribution in [-0.4, -0.2) is 25.3 Å². The maximum atomic E-state index is 12.2. The van der Waals surface area contributed by atoms with Gasteiger partial charge in [0.1, 0.15) is 11.2 Å². The summed E-state index contributed by atoms with van der Waals surface area (Å²) in [5.74, 6) is -0.496. The van der Waals surface area contributed by atoms with Crippen molar-refractivity contribution in [3.8, 4) is 0 Å². The Balaban J connectivity index is 1.83. The minimum atomic E-state index is -0.496. The summed E-state index contributed by atoms with van der Waals surface area (Å²) in [5.41, 5.74) is 1.55. The summed E-state index contributed by atoms with van der Waals surface area (Å²) < 4.78 is 7.81. The highest BCUT2D eigenvalue weighted by molar-refractivity contribution is 9.10. The van der Waals surface area contributed by atoms with Crippen LogP contribution >= 0.6 is 27.3 Å². The highest BCUT2D eigenvalue weighted by Crippen LogP contribution is 2.19. The van der Waals surface area contributed by atoms with Gasteiger partial charge in [-0.25, -0.2) is 19.7 Å². The molecule has 21 heavy (non-hydrogen) atoms. The third-order valence-corrected chi connectivity index (χ3v) is 4.54. The van der Waals surface area contributed by atoms with Crippen molar-refractivity contribution >= 4 is 38.9 Å². The van der Waals surface area contributed by atoms with Gasteiger partial charge in [0.15, 0.2) is 11.3 Å². The van der Waals surface area contributed by atoms with Gasteiger partial charge in [-0.15, -0.1) is 11.3 Å². The summed E-state index contributed by atoms with van der Waals surface area (Å²) in [7, 11) is 0. The minimum Gasteiger partial charge on any atom is -0.455 e. The Hall–Kier alpha value is -1.80. The lowest BCUT2D eigenvalue weighted by molar-refractivity contribution is 0.0471. The van der Waals surface area contributed by atoms with E-state index >= 15 is 0 Å². The summed E-state index contributed by atoms with van der Waals surface area (Å²) >= 11 is 4.87. The molecule has 6 nitrogen and oxygen atoms in total. The maximum absolute atomic E-state index is 12.2. The van der Waals surface area contributed by atoms with Crippen molar-refractivity contribution in [2.75, 3.05) is 0 Å². The van der Waals surface area contributed by atoms with Crippen molar-refractivity contribution in [2.24, 2.45) is 0 Å². The molecule has 0 unspecified atom stereocenters. The molecule has 3 aromatic rings. The average Bonchev–Trinajstić information content (AvgIpc) is 2.99. The van der Waals surface area contributed by atoms with Gasteiger partial charge in [0.25, 0.3) is 0 Å². The molecule has 8 heteroatoms. The van der Waals surface area contributed by atoms with Crippen LogP contribution in [0.5, 0.6) is 0 Å². The molecule has 0 saturated heterocycles. The predicted molar refractivity (Wildman–Crippen MR) is 81.4 cm³/mol. The number of carbonyl (C=O) groups excluding carboxylic acids is 1. The average molecular weight is 367 g/mol. The molecule has 0 N–H and O–H groups in total. The number of carbonyl (C=O) groups is 1. The second-order valence-electron chi connectivity index (χ2n) is 4.37. The van der Waals surface area contributed by atoms with Gasteiger partial charge in [0, 0.05) is 12.4 Å². The first-order chi connectivity index (χ1) is 10.1. The molecular weight excluding hydrogens is 356 g/mol. The Morgan fingerprint density at radius 3 is 2.95 bits per heavy atom. The lowest BCUT2D eigenvalue weighted by atomic mass is 10.4. The number of halogens is 1. The predicted octanol–water partition coefficient (Wildman–Crippen LogP) is 2.92. The van der Waals surface area contributed by atoms with E-state index in [9.17, 15) is 4.79 Å². The molecule has 3 rings (SSSR count). The van der Waals surface area contributed by atoms with Gasteiger partial charge < -0.3 is 4.74 Å². The van der Waals surface area contributed by atoms with Crippen LogP contribution in [-0.2, 0) is 11.3 Å². The van der Waals surface area contributed by atoms with E-state index in [0.29, 0.717) is 5.65 Å². The normalized spacial score (nSPS) is 11.0. The Kier molecular flexibility index (Phi) is 3.73. The Labute approximate surface area is 133 Å². The maximum Gasteiger partial charge on any atom is 0.361 e. The van der Waals surface area contributed by atoms with E-state index in [2.05, 4.69) is 30.9 Å². The van der Waals surface area contributed by atoms with Gasteiger partial charge in [-0.2, -0.15) is 0 Å². The number of fused-ring (bicyclic) bond motifs is 1. The molecule has 0 aliphatic heterocycles. The molecule has 0 aromatic carbocycles. The number of thiazole rings is 1. The summed E-state index contributed by atoms with van der Waals surface area (Å²) in [6.07, 6.45) is 4.88. The number of rotatable bonds is 3. The second-order valence-corrected chi connectivity index (χ2v) is 6.47. The van der Waals surface area contributed by atoms with E-state index in [0.717, 1.165) is 20.2 Å². The molecule has 0 saturated carbocycles. The first-order valence-corrected chi connectivity index (χ1v) is 7.75. The zero-order chi connectivity index (χ0) is 15.0. The Bertz CT molecular complexity index is 827. The monoisotopic (exact) mass is 366 g/mol. The highest BCUT2D eigenvalue weighted by Gasteiger charge is 2.17. The molecule has 0 bridgehead atoms. The van der Waals surface area contributed by atoms with Gasteiger partial charge in [0.05, 0.1) is 21.8 Å². The minimum absolute atomic E-state index is 0.195. The molecule has 0 atom stereocenters. The van der Waals surface area contributed by atoms with Crippen LogP contribution in [0.4, 0.5) is 0 Å². The van der Waals surface area contributed by atoms with Crippen molar-refractivity contribution in [1.29, 1.82) is 0 Å². The van der Waals surface area contributed by atoms with E-state index in [-0.39, 0.29) is 12.3 Å². The van der Waals surface area contributed by atoms with Crippen molar-refractivity contribution in [3.05, 3.63) is 44.5 Å². The zero-order valence-electron chi connectivity index (χ0n) is 11.3. The van der Waals surface area contributed by atoms with Gasteiger partial charge in [-0.1, -0.05) is 0 Å². The van der Waals surface area contributed by atoms with E-state index < -0.39 is 5.97 Å². The fraction of sp³-hybridized carbons (Fsp3) is 0.231. The van der Waals surface area contributed by atoms with Crippen LogP contribution in [0, 0.1) is 13.8 Å². The highest BCUT2D eigenvalue weighted by atomic mass is 79.9. The van der Waals surface area contributed by atoms with Crippen molar-refractivity contribution in [3.63, 3.8) is 0 Å². The zero-order valence-corrected chi connectivity index (χ0v) is 13.7. The van der Waals surface area contributed by atoms with Crippen LogP contribution in [0.1, 0.15) is 26.1 Å². The number of ether oxygens (including phenoxy) is 1. The number of aryl methyl sites for hydroxylation is 2. The lowest BCUT2D eigenvalue weighted by Gasteiger charge is -2.04. The summed E-state index contributed by atoms with van der Waals surface area (Å²) in [5, 5.41) is 0.955. The SMILES string of the molecule is Cc1nc(C)c(COC(=O)c2nccn3c(Br)cnc23)s1. The number of nitrogens with zero attached hydrogens (tertiary/aromatic N) is 4. The molecular formula is C13H11BrN4O2S. The van der Waals surface area contributed by atoms with Crippen LogP contribution in [0.3, 0.4) is 0 Å². The van der Waals surface area contributed by atoms with Crippen molar-refractivity contribution in [1.82, 2.24) is 19.4 Å². The van der Waals surface area contributed by atoms with Crippen molar-refractivity contribution in [2.45, 2.75) is 20.5 Å². The molecule has 0 fully saturated rings. The van der Waals surface area contributed by atoms with Gasteiger partial charge in [0.2, 0.25) is 0 Å². The first-order valence-electron chi connectivity index (χ1n) is 6.14. The lowest BCUT2D eigenvalue weighted by Crippen LogP contribution is -2.09. The summed E-state index contributed by atoms with van der Waals surface area (Å²) in [4.78, 5) is 25.7. The standard InChI is InChI=1S/C13H11BrN4O2S/c1-7-9(21-8(2)17-7)6-20-13(19)11-12-16-5-10(14)18(12)4-3-15-11/h3-5H,6H2,1-2H3. The fourth-order valence-corrected chi connectivity index (χ4v) is 3.18. The Morgan fingerprint density at radius 2 is 2.24 bits per heavy atom. The van der Waals surface area contributed by atoms with E-state index in [1.165, 1.54) is 17.5 Å². The molecule has 0 amide bonds. The second kappa shape index (κ2) is 5.53. The van der Waals surface area contributed by atoms with Crippen LogP contribution < -0.4 is 0 Å².